The molecule has 0 saturated heterocycles. The summed E-state index contributed by atoms with van der Waals surface area (Å²) in [6.07, 6.45) is 3.63. The molecule has 0 aliphatic heterocycles. The Morgan fingerprint density at radius 2 is 1.83 bits per heavy atom. The fraction of sp³-hybridized carbons (Fsp3) is 0.0588. The largest absolute Gasteiger partial charge is 0.392 e. The highest BCUT2D eigenvalue weighted by Crippen LogP contribution is 2.21. The highest BCUT2D eigenvalue weighted by molar-refractivity contribution is 7.80. The third-order valence-electron chi connectivity index (χ3n) is 3.36. The Morgan fingerprint density at radius 1 is 1.13 bits per heavy atom. The molecule has 116 valence electrons. The molecule has 2 N–H and O–H groups in total. The lowest BCUT2D eigenvalue weighted by Gasteiger charge is -2.05. The van der Waals surface area contributed by atoms with Gasteiger partial charge < -0.3 is 10.3 Å². The maximum atomic E-state index is 13.5. The minimum Gasteiger partial charge on any atom is -0.392 e. The maximum absolute atomic E-state index is 13.5. The second kappa shape index (κ2) is 6.26. The second-order valence-corrected chi connectivity index (χ2v) is 5.55. The normalized spacial score (nSPS) is 11.4. The van der Waals surface area contributed by atoms with Crippen LogP contribution >= 0.6 is 12.2 Å². The van der Waals surface area contributed by atoms with Gasteiger partial charge in [0.2, 0.25) is 0 Å². The summed E-state index contributed by atoms with van der Waals surface area (Å²) >= 11 is 4.94. The lowest BCUT2D eigenvalue weighted by molar-refractivity contribution is 0.510. The zero-order valence-corrected chi connectivity index (χ0v) is 12.9. The van der Waals surface area contributed by atoms with Crippen LogP contribution in [0.1, 0.15) is 11.4 Å². The number of halogens is 2. The van der Waals surface area contributed by atoms with Crippen LogP contribution in [-0.4, -0.2) is 14.5 Å². The lowest BCUT2D eigenvalue weighted by atomic mass is 10.2. The maximum Gasteiger partial charge on any atom is 0.161 e. The van der Waals surface area contributed by atoms with Crippen molar-refractivity contribution in [2.24, 2.45) is 5.73 Å². The van der Waals surface area contributed by atoms with Crippen LogP contribution in [0.5, 0.6) is 0 Å². The molecule has 0 fully saturated rings. The van der Waals surface area contributed by atoms with Gasteiger partial charge in [0.1, 0.15) is 5.82 Å². The molecule has 0 atom stereocenters. The van der Waals surface area contributed by atoms with Crippen molar-refractivity contribution >= 4 is 40.4 Å². The van der Waals surface area contributed by atoms with E-state index in [9.17, 15) is 8.78 Å². The van der Waals surface area contributed by atoms with E-state index >= 15 is 0 Å². The third kappa shape index (κ3) is 3.27. The number of aromatic nitrogens is 2. The van der Waals surface area contributed by atoms with E-state index in [0.29, 0.717) is 16.9 Å². The van der Waals surface area contributed by atoms with Crippen LogP contribution in [0.25, 0.3) is 23.2 Å². The van der Waals surface area contributed by atoms with E-state index in [1.54, 1.807) is 10.6 Å². The Labute approximate surface area is 137 Å². The molecular formula is C17H13F2N3S. The van der Waals surface area contributed by atoms with Gasteiger partial charge in [-0.05, 0) is 11.6 Å². The van der Waals surface area contributed by atoms with Gasteiger partial charge in [-0.25, -0.2) is 13.8 Å². The van der Waals surface area contributed by atoms with E-state index in [0.717, 1.165) is 17.7 Å². The van der Waals surface area contributed by atoms with Crippen LogP contribution < -0.4 is 5.73 Å². The number of benzene rings is 2. The molecule has 3 aromatic rings. The van der Waals surface area contributed by atoms with Gasteiger partial charge >= 0.3 is 0 Å². The van der Waals surface area contributed by atoms with E-state index in [2.05, 4.69) is 4.98 Å². The minimum atomic E-state index is -0.934. The van der Waals surface area contributed by atoms with Gasteiger partial charge in [-0.2, -0.15) is 0 Å². The first kappa shape index (κ1) is 15.3. The average Bonchev–Trinajstić information content (AvgIpc) is 2.83. The molecule has 0 amide bonds. The summed E-state index contributed by atoms with van der Waals surface area (Å²) in [5, 5.41) is 0. The SMILES string of the molecule is NC(=S)Cn1c(/C=C/c2ccccc2)nc2cc(F)c(F)cc21. The van der Waals surface area contributed by atoms with Crippen molar-refractivity contribution in [3.05, 3.63) is 65.5 Å². The van der Waals surface area contributed by atoms with Crippen molar-refractivity contribution in [2.45, 2.75) is 6.54 Å². The third-order valence-corrected chi connectivity index (χ3v) is 3.49. The zero-order valence-electron chi connectivity index (χ0n) is 12.0. The van der Waals surface area contributed by atoms with Crippen molar-refractivity contribution in [1.29, 1.82) is 0 Å². The summed E-state index contributed by atoms with van der Waals surface area (Å²) in [7, 11) is 0. The van der Waals surface area contributed by atoms with Crippen molar-refractivity contribution in [1.82, 2.24) is 9.55 Å². The first-order valence-electron chi connectivity index (χ1n) is 6.91. The molecule has 2 aromatic carbocycles. The molecule has 23 heavy (non-hydrogen) atoms. The van der Waals surface area contributed by atoms with Crippen molar-refractivity contribution in [3.8, 4) is 0 Å². The lowest BCUT2D eigenvalue weighted by Crippen LogP contribution is -2.17. The number of nitrogens with zero attached hydrogens (tertiary/aromatic N) is 2. The number of thiocarbonyl (C=S) groups is 1. The molecule has 0 bridgehead atoms. The smallest absolute Gasteiger partial charge is 0.161 e. The molecule has 0 aliphatic rings. The van der Waals surface area contributed by atoms with Crippen LogP contribution in [0.4, 0.5) is 8.78 Å². The molecule has 0 unspecified atom stereocenters. The van der Waals surface area contributed by atoms with Crippen LogP contribution in [0.3, 0.4) is 0 Å². The topological polar surface area (TPSA) is 43.8 Å². The molecule has 0 radical (unpaired) electrons. The van der Waals surface area contributed by atoms with E-state index in [4.69, 9.17) is 18.0 Å². The molecule has 1 aromatic heterocycles. The standard InChI is InChI=1S/C17H13F2N3S/c18-12-8-14-15(9-13(12)19)22(10-16(20)23)17(21-14)7-6-11-4-2-1-3-5-11/h1-9H,10H2,(H2,20,23)/b7-6+. The van der Waals surface area contributed by atoms with Crippen molar-refractivity contribution < 1.29 is 8.78 Å². The monoisotopic (exact) mass is 329 g/mol. The summed E-state index contributed by atoms with van der Waals surface area (Å²) in [6.45, 7) is 0.200. The predicted octanol–water partition coefficient (Wildman–Crippen LogP) is 3.77. The quantitative estimate of drug-likeness (QED) is 0.741. The Hall–Kier alpha value is -2.60. The number of nitrogens with two attached hydrogens (primary N) is 1. The Morgan fingerprint density at radius 3 is 2.52 bits per heavy atom. The fourth-order valence-electron chi connectivity index (χ4n) is 2.32. The summed E-state index contributed by atoms with van der Waals surface area (Å²) < 4.78 is 28.6. The van der Waals surface area contributed by atoms with Gasteiger partial charge in [-0.3, -0.25) is 0 Å². The first-order valence-corrected chi connectivity index (χ1v) is 7.32. The summed E-state index contributed by atoms with van der Waals surface area (Å²) in [5.41, 5.74) is 7.40. The van der Waals surface area contributed by atoms with E-state index in [1.807, 2.05) is 36.4 Å². The van der Waals surface area contributed by atoms with Gasteiger partial charge in [-0.15, -0.1) is 0 Å². The van der Waals surface area contributed by atoms with Gasteiger partial charge in [0.15, 0.2) is 11.6 Å². The van der Waals surface area contributed by atoms with Gasteiger partial charge in [0.05, 0.1) is 22.6 Å². The summed E-state index contributed by atoms with van der Waals surface area (Å²) in [6, 6.07) is 11.8. The Balaban J connectivity index is 2.11. The highest BCUT2D eigenvalue weighted by atomic mass is 32.1. The second-order valence-electron chi connectivity index (χ2n) is 5.02. The van der Waals surface area contributed by atoms with E-state index < -0.39 is 11.6 Å². The zero-order chi connectivity index (χ0) is 16.4. The number of hydrogen-bond donors (Lipinski definition) is 1. The Kier molecular flexibility index (Phi) is 4.16. The van der Waals surface area contributed by atoms with Gasteiger partial charge in [0.25, 0.3) is 0 Å². The number of rotatable bonds is 4. The molecule has 3 nitrogen and oxygen atoms in total. The van der Waals surface area contributed by atoms with E-state index in [-0.39, 0.29) is 11.5 Å². The predicted molar refractivity (Wildman–Crippen MR) is 91.8 cm³/mol. The molecule has 0 spiro atoms. The Bertz CT molecular complexity index is 901. The van der Waals surface area contributed by atoms with Crippen molar-refractivity contribution in [3.63, 3.8) is 0 Å². The van der Waals surface area contributed by atoms with Crippen molar-refractivity contribution in [2.75, 3.05) is 0 Å². The summed E-state index contributed by atoms with van der Waals surface area (Å²) in [4.78, 5) is 4.58. The van der Waals surface area contributed by atoms with Crippen LogP contribution in [0.2, 0.25) is 0 Å². The average molecular weight is 329 g/mol. The number of hydrogen-bond acceptors (Lipinski definition) is 2. The van der Waals surface area contributed by atoms with E-state index in [1.165, 1.54) is 0 Å². The molecule has 6 heteroatoms. The van der Waals surface area contributed by atoms with Crippen LogP contribution in [-0.2, 0) is 6.54 Å². The van der Waals surface area contributed by atoms with Gasteiger partial charge in [-0.1, -0.05) is 48.6 Å². The molecular weight excluding hydrogens is 316 g/mol. The summed E-state index contributed by atoms with van der Waals surface area (Å²) in [5.74, 6) is -1.34. The molecule has 3 rings (SSSR count). The van der Waals surface area contributed by atoms with Crippen LogP contribution in [0, 0.1) is 11.6 Å². The molecule has 0 aliphatic carbocycles. The minimum absolute atomic E-state index is 0.200. The molecule has 1 heterocycles. The first-order chi connectivity index (χ1) is 11.0. The number of imidazole rings is 1. The fourth-order valence-corrected chi connectivity index (χ4v) is 2.45. The molecule has 0 saturated carbocycles. The van der Waals surface area contributed by atoms with Gasteiger partial charge in [0, 0.05) is 12.1 Å². The van der Waals surface area contributed by atoms with Crippen LogP contribution in [0.15, 0.2) is 42.5 Å². The number of fused-ring (bicyclic) bond motifs is 1. The highest BCUT2D eigenvalue weighted by Gasteiger charge is 2.13.